The van der Waals surface area contributed by atoms with E-state index in [-0.39, 0.29) is 17.4 Å². The maximum atomic E-state index is 12.7. The number of amides is 3. The van der Waals surface area contributed by atoms with Crippen molar-refractivity contribution in [1.29, 1.82) is 0 Å². The van der Waals surface area contributed by atoms with Crippen LogP contribution < -0.4 is 0 Å². The standard InChI is InChI=1S/C22H22N2O4S/c25-20(23-12-6-1-2-7-13-23)15-24-21(26)19(29-22(24)27)14-17-10-11-18(28-17)16-8-4-3-5-9-16/h3-5,8-11,14H,1-2,6-7,12-13,15H2. The van der Waals surface area contributed by atoms with Crippen molar-refractivity contribution in [2.75, 3.05) is 19.6 Å². The largest absolute Gasteiger partial charge is 0.457 e. The quantitative estimate of drug-likeness (QED) is 0.700. The van der Waals surface area contributed by atoms with Gasteiger partial charge in [-0.25, -0.2) is 0 Å². The zero-order valence-electron chi connectivity index (χ0n) is 16.0. The van der Waals surface area contributed by atoms with Crippen LogP contribution in [0.2, 0.25) is 0 Å². The second-order valence-electron chi connectivity index (χ2n) is 7.13. The fraction of sp³-hybridized carbons (Fsp3) is 0.318. The minimum absolute atomic E-state index is 0.167. The maximum Gasteiger partial charge on any atom is 0.294 e. The molecule has 0 saturated carbocycles. The molecule has 0 bridgehead atoms. The summed E-state index contributed by atoms with van der Waals surface area (Å²) in [5.41, 5.74) is 0.934. The molecule has 1 aromatic heterocycles. The van der Waals surface area contributed by atoms with E-state index in [9.17, 15) is 14.4 Å². The number of carbonyl (C=O) groups is 3. The fourth-order valence-corrected chi connectivity index (χ4v) is 4.33. The molecule has 0 aliphatic carbocycles. The average Bonchev–Trinajstić information content (AvgIpc) is 3.16. The van der Waals surface area contributed by atoms with E-state index >= 15 is 0 Å². The molecule has 3 heterocycles. The highest BCUT2D eigenvalue weighted by Gasteiger charge is 2.37. The molecule has 3 amide bonds. The van der Waals surface area contributed by atoms with Crippen molar-refractivity contribution in [2.24, 2.45) is 0 Å². The molecule has 150 valence electrons. The van der Waals surface area contributed by atoms with E-state index in [4.69, 9.17) is 4.42 Å². The lowest BCUT2D eigenvalue weighted by Gasteiger charge is -2.22. The van der Waals surface area contributed by atoms with Gasteiger partial charge in [0.05, 0.1) is 4.91 Å². The monoisotopic (exact) mass is 410 g/mol. The van der Waals surface area contributed by atoms with E-state index in [1.807, 2.05) is 36.4 Å². The van der Waals surface area contributed by atoms with Crippen LogP contribution in [0.5, 0.6) is 0 Å². The van der Waals surface area contributed by atoms with Crippen molar-refractivity contribution in [3.63, 3.8) is 0 Å². The maximum absolute atomic E-state index is 12.7. The summed E-state index contributed by atoms with van der Waals surface area (Å²) in [5, 5.41) is -0.417. The Kier molecular flexibility index (Phi) is 5.85. The second kappa shape index (κ2) is 8.69. The summed E-state index contributed by atoms with van der Waals surface area (Å²) in [6, 6.07) is 13.2. The highest BCUT2D eigenvalue weighted by molar-refractivity contribution is 8.18. The molecule has 0 radical (unpaired) electrons. The van der Waals surface area contributed by atoms with E-state index in [1.165, 1.54) is 0 Å². The van der Waals surface area contributed by atoms with E-state index in [0.717, 1.165) is 47.9 Å². The van der Waals surface area contributed by atoms with Crippen LogP contribution in [0.15, 0.2) is 51.8 Å². The van der Waals surface area contributed by atoms with Gasteiger partial charge in [-0.15, -0.1) is 0 Å². The number of thioether (sulfide) groups is 1. The Morgan fingerprint density at radius 1 is 1.00 bits per heavy atom. The van der Waals surface area contributed by atoms with Crippen LogP contribution in [0.25, 0.3) is 17.4 Å². The molecule has 2 aromatic rings. The molecule has 2 aliphatic heterocycles. The zero-order chi connectivity index (χ0) is 20.2. The number of carbonyl (C=O) groups excluding carboxylic acids is 3. The fourth-order valence-electron chi connectivity index (χ4n) is 3.51. The third-order valence-corrected chi connectivity index (χ3v) is 5.99. The van der Waals surface area contributed by atoms with Gasteiger partial charge in [0.15, 0.2) is 0 Å². The predicted octanol–water partition coefficient (Wildman–Crippen LogP) is 4.39. The molecule has 0 N–H and O–H groups in total. The summed E-state index contributed by atoms with van der Waals surface area (Å²) in [4.78, 5) is 40.6. The lowest BCUT2D eigenvalue weighted by molar-refractivity contribution is -0.135. The van der Waals surface area contributed by atoms with Crippen LogP contribution in [0, 0.1) is 0 Å². The molecule has 2 aliphatic rings. The first-order valence-electron chi connectivity index (χ1n) is 9.80. The highest BCUT2D eigenvalue weighted by atomic mass is 32.2. The summed E-state index contributed by atoms with van der Waals surface area (Å²) in [5.74, 6) is 0.571. The van der Waals surface area contributed by atoms with Gasteiger partial charge in [-0.3, -0.25) is 19.3 Å². The average molecular weight is 410 g/mol. The van der Waals surface area contributed by atoms with Crippen molar-refractivity contribution in [2.45, 2.75) is 25.7 Å². The first kappa shape index (κ1) is 19.5. The van der Waals surface area contributed by atoms with E-state index in [0.29, 0.717) is 24.6 Å². The van der Waals surface area contributed by atoms with Gasteiger partial charge in [0, 0.05) is 24.7 Å². The van der Waals surface area contributed by atoms with E-state index < -0.39 is 11.1 Å². The summed E-state index contributed by atoms with van der Waals surface area (Å²) in [7, 11) is 0. The summed E-state index contributed by atoms with van der Waals surface area (Å²) < 4.78 is 5.79. The molecule has 4 rings (SSSR count). The van der Waals surface area contributed by atoms with Gasteiger partial charge >= 0.3 is 0 Å². The number of rotatable bonds is 4. The van der Waals surface area contributed by atoms with E-state index in [2.05, 4.69) is 0 Å². The van der Waals surface area contributed by atoms with Crippen LogP contribution in [0.4, 0.5) is 4.79 Å². The van der Waals surface area contributed by atoms with Crippen LogP contribution in [-0.4, -0.2) is 46.5 Å². The van der Waals surface area contributed by atoms with Gasteiger partial charge in [-0.05, 0) is 36.7 Å². The summed E-state index contributed by atoms with van der Waals surface area (Å²) in [6.45, 7) is 1.19. The first-order chi connectivity index (χ1) is 14.1. The lowest BCUT2D eigenvalue weighted by Crippen LogP contribution is -2.42. The Hall–Kier alpha value is -2.80. The Morgan fingerprint density at radius 2 is 1.72 bits per heavy atom. The normalized spacial score (nSPS) is 19.1. The van der Waals surface area contributed by atoms with Crippen LogP contribution in [0.1, 0.15) is 31.4 Å². The molecule has 0 atom stereocenters. The van der Waals surface area contributed by atoms with Gasteiger partial charge in [-0.2, -0.15) is 0 Å². The molecule has 0 unspecified atom stereocenters. The van der Waals surface area contributed by atoms with Gasteiger partial charge in [0.25, 0.3) is 11.1 Å². The molecule has 0 spiro atoms. The van der Waals surface area contributed by atoms with E-state index in [1.54, 1.807) is 17.0 Å². The third-order valence-electron chi connectivity index (χ3n) is 5.08. The second-order valence-corrected chi connectivity index (χ2v) is 8.12. The Labute approximate surface area is 173 Å². The number of hydrogen-bond donors (Lipinski definition) is 0. The molecule has 6 nitrogen and oxygen atoms in total. The smallest absolute Gasteiger partial charge is 0.294 e. The van der Waals surface area contributed by atoms with Crippen molar-refractivity contribution >= 4 is 34.9 Å². The van der Waals surface area contributed by atoms with Crippen molar-refractivity contribution < 1.29 is 18.8 Å². The zero-order valence-corrected chi connectivity index (χ0v) is 16.8. The Balaban J connectivity index is 1.45. The highest BCUT2D eigenvalue weighted by Crippen LogP contribution is 2.33. The SMILES string of the molecule is O=C(CN1C(=O)SC(=Cc2ccc(-c3ccccc3)o2)C1=O)N1CCCCCC1. The number of benzene rings is 1. The minimum Gasteiger partial charge on any atom is -0.457 e. The van der Waals surface area contributed by atoms with Crippen LogP contribution in [-0.2, 0) is 9.59 Å². The van der Waals surface area contributed by atoms with Crippen molar-refractivity contribution in [3.8, 4) is 11.3 Å². The molecule has 1 aromatic carbocycles. The molecule has 29 heavy (non-hydrogen) atoms. The number of hydrogen-bond acceptors (Lipinski definition) is 5. The van der Waals surface area contributed by atoms with Gasteiger partial charge in [-0.1, -0.05) is 43.2 Å². The molecular weight excluding hydrogens is 388 g/mol. The van der Waals surface area contributed by atoms with Crippen molar-refractivity contribution in [1.82, 2.24) is 9.80 Å². The lowest BCUT2D eigenvalue weighted by atomic mass is 10.2. The van der Waals surface area contributed by atoms with Gasteiger partial charge in [0.2, 0.25) is 5.91 Å². The minimum atomic E-state index is -0.444. The summed E-state index contributed by atoms with van der Waals surface area (Å²) >= 11 is 0.842. The van der Waals surface area contributed by atoms with Crippen molar-refractivity contribution in [3.05, 3.63) is 53.1 Å². The molecule has 2 fully saturated rings. The number of nitrogens with zero attached hydrogens (tertiary/aromatic N) is 2. The number of imide groups is 1. The summed E-state index contributed by atoms with van der Waals surface area (Å²) in [6.07, 6.45) is 5.73. The number of likely N-dealkylation sites (tertiary alicyclic amines) is 1. The first-order valence-corrected chi connectivity index (χ1v) is 10.6. The van der Waals surface area contributed by atoms with Crippen LogP contribution in [0.3, 0.4) is 0 Å². The third kappa shape index (κ3) is 4.45. The van der Waals surface area contributed by atoms with Crippen LogP contribution >= 0.6 is 11.8 Å². The molecule has 2 saturated heterocycles. The topological polar surface area (TPSA) is 70.8 Å². The Morgan fingerprint density at radius 3 is 2.45 bits per heavy atom. The predicted molar refractivity (Wildman–Crippen MR) is 112 cm³/mol. The molecular formula is C22H22N2O4S. The van der Waals surface area contributed by atoms with Gasteiger partial charge < -0.3 is 9.32 Å². The Bertz CT molecular complexity index is 943. The molecule has 7 heteroatoms. The number of furan rings is 1. The van der Waals surface area contributed by atoms with Gasteiger partial charge in [0.1, 0.15) is 18.1 Å².